The first kappa shape index (κ1) is 23.6. The molecule has 2 saturated heterocycles. The largest absolute Gasteiger partial charge is 0.494 e. The average molecular weight is 498 g/mol. The van der Waals surface area contributed by atoms with E-state index in [0.29, 0.717) is 17.1 Å². The maximum absolute atomic E-state index is 11.5. The van der Waals surface area contributed by atoms with Crippen LogP contribution in [0.5, 0.6) is 11.6 Å². The number of benzene rings is 1. The Hall–Kier alpha value is -2.54. The molecule has 2 aliphatic rings. The predicted molar refractivity (Wildman–Crippen MR) is 128 cm³/mol. The molecule has 33 heavy (non-hydrogen) atoms. The molecular weight excluding hydrogens is 470 g/mol. The predicted octanol–water partition coefficient (Wildman–Crippen LogP) is 1.24. The first-order valence-electron chi connectivity index (χ1n) is 10.5. The number of nitrogen functional groups attached to an aromatic ring is 1. The number of hydrogen-bond acceptors (Lipinski definition) is 10. The molecule has 0 bridgehead atoms. The van der Waals surface area contributed by atoms with Gasteiger partial charge in [-0.2, -0.15) is 9.29 Å². The number of nitrogens with two attached hydrogens (primary N) is 1. The summed E-state index contributed by atoms with van der Waals surface area (Å²) in [5.41, 5.74) is 8.51. The molecule has 1 aromatic heterocycles. The highest BCUT2D eigenvalue weighted by atomic mass is 35.5. The second-order valence-corrected chi connectivity index (χ2v) is 10.6. The molecule has 13 heteroatoms. The Balaban J connectivity index is 1.49. The number of piperazine rings is 1. The molecule has 0 amide bonds. The van der Waals surface area contributed by atoms with E-state index >= 15 is 0 Å². The van der Waals surface area contributed by atoms with E-state index in [0.717, 1.165) is 38.1 Å². The molecule has 2 aliphatic heterocycles. The molecule has 2 fully saturated rings. The summed E-state index contributed by atoms with van der Waals surface area (Å²) in [5, 5.41) is 3.34. The van der Waals surface area contributed by atoms with Gasteiger partial charge < -0.3 is 30.3 Å². The molecule has 0 radical (unpaired) electrons. The van der Waals surface area contributed by atoms with E-state index in [1.165, 1.54) is 10.5 Å². The van der Waals surface area contributed by atoms with Crippen molar-refractivity contribution < 1.29 is 17.9 Å². The van der Waals surface area contributed by atoms with Crippen LogP contribution < -0.4 is 25.4 Å². The zero-order valence-corrected chi connectivity index (χ0v) is 20.4. The molecule has 0 unspecified atom stereocenters. The van der Waals surface area contributed by atoms with Gasteiger partial charge in [0.15, 0.2) is 0 Å². The summed E-state index contributed by atoms with van der Waals surface area (Å²) in [5.74, 6) is 1.02. The highest BCUT2D eigenvalue weighted by Crippen LogP contribution is 2.37. The second-order valence-electron chi connectivity index (χ2n) is 8.19. The quantitative estimate of drug-likeness (QED) is 0.539. The van der Waals surface area contributed by atoms with Crippen molar-refractivity contribution in [1.29, 1.82) is 0 Å². The maximum Gasteiger partial charge on any atom is 0.237 e. The maximum atomic E-state index is 11.5. The summed E-state index contributed by atoms with van der Waals surface area (Å²) in [6.07, 6.45) is 2.26. The number of nitrogens with zero attached hydrogens (tertiary/aromatic N) is 5. The first-order chi connectivity index (χ1) is 15.6. The van der Waals surface area contributed by atoms with Gasteiger partial charge in [-0.25, -0.2) is 13.4 Å². The molecule has 1 aromatic carbocycles. The molecule has 180 valence electrons. The lowest BCUT2D eigenvalue weighted by Crippen LogP contribution is -2.55. The van der Waals surface area contributed by atoms with Gasteiger partial charge in [0.1, 0.15) is 16.9 Å². The molecule has 3 heterocycles. The number of methoxy groups -OCH3 is 1. The van der Waals surface area contributed by atoms with Crippen LogP contribution in [0.1, 0.15) is 0 Å². The Labute approximate surface area is 198 Å². The third-order valence-electron chi connectivity index (χ3n) is 5.71. The lowest BCUT2D eigenvalue weighted by molar-refractivity contribution is 0.0727. The Kier molecular flexibility index (Phi) is 6.71. The lowest BCUT2D eigenvalue weighted by atomic mass is 10.2. The van der Waals surface area contributed by atoms with Crippen LogP contribution in [0.25, 0.3) is 0 Å². The highest BCUT2D eigenvalue weighted by molar-refractivity contribution is 7.88. The van der Waals surface area contributed by atoms with Crippen molar-refractivity contribution >= 4 is 44.6 Å². The van der Waals surface area contributed by atoms with Crippen molar-refractivity contribution in [2.24, 2.45) is 0 Å². The Morgan fingerprint density at radius 3 is 2.55 bits per heavy atom. The summed E-state index contributed by atoms with van der Waals surface area (Å²) in [4.78, 5) is 13.1. The number of anilines is 4. The van der Waals surface area contributed by atoms with E-state index in [4.69, 9.17) is 26.8 Å². The lowest BCUT2D eigenvalue weighted by Gasteiger charge is -2.36. The molecule has 0 spiro atoms. The van der Waals surface area contributed by atoms with Gasteiger partial charge in [0.2, 0.25) is 21.9 Å². The van der Waals surface area contributed by atoms with Crippen molar-refractivity contribution in [3.05, 3.63) is 23.4 Å². The number of hydrogen-bond donors (Lipinski definition) is 2. The Bertz CT molecular complexity index is 1120. The van der Waals surface area contributed by atoms with Crippen LogP contribution in [0.15, 0.2) is 18.3 Å². The summed E-state index contributed by atoms with van der Waals surface area (Å²) in [7, 11) is 0.458. The standard InChI is InChI=1S/C20H28ClN7O4S/c1-26-4-6-27(7-5-26)17-9-18(31-2)16(8-15(17)22)24-20-23-10-14(21)19(25-20)32-13-11-28(12-13)33(3,29)30/h8-10,13H,4-7,11-12,22H2,1-3H3,(H,23,24,25). The van der Waals surface area contributed by atoms with Crippen molar-refractivity contribution in [1.82, 2.24) is 19.2 Å². The van der Waals surface area contributed by atoms with Crippen molar-refractivity contribution in [2.75, 3.05) is 75.6 Å². The zero-order valence-electron chi connectivity index (χ0n) is 18.8. The van der Waals surface area contributed by atoms with E-state index < -0.39 is 10.0 Å². The van der Waals surface area contributed by atoms with Crippen LogP contribution >= 0.6 is 11.6 Å². The molecule has 0 atom stereocenters. The first-order valence-corrected chi connectivity index (χ1v) is 12.7. The van der Waals surface area contributed by atoms with E-state index in [2.05, 4.69) is 32.1 Å². The molecule has 0 aliphatic carbocycles. The van der Waals surface area contributed by atoms with Crippen molar-refractivity contribution in [2.45, 2.75) is 6.10 Å². The Morgan fingerprint density at radius 1 is 1.21 bits per heavy atom. The number of aromatic nitrogens is 2. The monoisotopic (exact) mass is 497 g/mol. The number of nitrogens with one attached hydrogen (secondary N) is 1. The van der Waals surface area contributed by atoms with Crippen LogP contribution in [0, 0.1) is 0 Å². The van der Waals surface area contributed by atoms with Gasteiger partial charge >= 0.3 is 0 Å². The number of likely N-dealkylation sites (N-methyl/N-ethyl adjacent to an activating group) is 1. The van der Waals surface area contributed by atoms with Gasteiger partial charge in [0, 0.05) is 32.2 Å². The normalized spacial score (nSPS) is 18.1. The topological polar surface area (TPSA) is 126 Å². The fourth-order valence-electron chi connectivity index (χ4n) is 3.69. The third kappa shape index (κ3) is 5.35. The minimum absolute atomic E-state index is 0.174. The molecule has 3 N–H and O–H groups in total. The number of halogens is 1. The van der Waals surface area contributed by atoms with Gasteiger partial charge in [-0.05, 0) is 13.1 Å². The molecule has 0 saturated carbocycles. The van der Waals surface area contributed by atoms with Crippen LogP contribution in [0.3, 0.4) is 0 Å². The van der Waals surface area contributed by atoms with Crippen LogP contribution in [0.4, 0.5) is 23.0 Å². The van der Waals surface area contributed by atoms with Crippen LogP contribution in [-0.4, -0.2) is 93.4 Å². The number of ether oxygens (including phenoxy) is 2. The molecule has 4 rings (SSSR count). The van der Waals surface area contributed by atoms with E-state index in [1.807, 2.05) is 6.07 Å². The van der Waals surface area contributed by atoms with Gasteiger partial charge in [0.25, 0.3) is 0 Å². The Morgan fingerprint density at radius 2 is 1.91 bits per heavy atom. The van der Waals surface area contributed by atoms with Crippen LogP contribution in [-0.2, 0) is 10.0 Å². The van der Waals surface area contributed by atoms with Gasteiger partial charge in [0.05, 0.1) is 49.7 Å². The molecule has 11 nitrogen and oxygen atoms in total. The average Bonchev–Trinajstić information content (AvgIpc) is 2.72. The van der Waals surface area contributed by atoms with Gasteiger partial charge in [-0.3, -0.25) is 0 Å². The fraction of sp³-hybridized carbons (Fsp3) is 0.500. The minimum atomic E-state index is -3.23. The van der Waals surface area contributed by atoms with E-state index in [9.17, 15) is 8.42 Å². The van der Waals surface area contributed by atoms with Gasteiger partial charge in [-0.1, -0.05) is 11.6 Å². The van der Waals surface area contributed by atoms with Crippen molar-refractivity contribution in [3.63, 3.8) is 0 Å². The van der Waals surface area contributed by atoms with Crippen LogP contribution in [0.2, 0.25) is 5.02 Å². The van der Waals surface area contributed by atoms with Crippen molar-refractivity contribution in [3.8, 4) is 11.6 Å². The smallest absolute Gasteiger partial charge is 0.237 e. The summed E-state index contributed by atoms with van der Waals surface area (Å²) >= 11 is 6.19. The SMILES string of the molecule is COc1cc(N2CCN(C)CC2)c(N)cc1Nc1ncc(Cl)c(OC2CN(S(C)(=O)=O)C2)n1. The molecular formula is C20H28ClN7O4S. The number of sulfonamides is 1. The zero-order chi connectivity index (χ0) is 23.8. The second kappa shape index (κ2) is 9.37. The summed E-state index contributed by atoms with van der Waals surface area (Å²) < 4.78 is 35.8. The fourth-order valence-corrected chi connectivity index (χ4v) is 4.70. The molecule has 2 aromatic rings. The highest BCUT2D eigenvalue weighted by Gasteiger charge is 2.35. The van der Waals surface area contributed by atoms with E-state index in [1.54, 1.807) is 13.2 Å². The summed E-state index contributed by atoms with van der Waals surface area (Å²) in [6.45, 7) is 4.20. The number of rotatable bonds is 7. The summed E-state index contributed by atoms with van der Waals surface area (Å²) in [6, 6.07) is 3.70. The minimum Gasteiger partial charge on any atom is -0.494 e. The van der Waals surface area contributed by atoms with E-state index in [-0.39, 0.29) is 36.0 Å². The van der Waals surface area contributed by atoms with Gasteiger partial charge in [-0.15, -0.1) is 0 Å². The third-order valence-corrected chi connectivity index (χ3v) is 7.21.